The summed E-state index contributed by atoms with van der Waals surface area (Å²) in [5.41, 5.74) is 0.334. The van der Waals surface area contributed by atoms with Crippen LogP contribution in [0.2, 0.25) is 0 Å². The molecule has 6 heteroatoms. The van der Waals surface area contributed by atoms with Crippen molar-refractivity contribution in [3.8, 4) is 0 Å². The minimum atomic E-state index is -0.361. The molecule has 1 aromatic heterocycles. The van der Waals surface area contributed by atoms with Gasteiger partial charge in [-0.1, -0.05) is 0 Å². The van der Waals surface area contributed by atoms with E-state index in [-0.39, 0.29) is 17.9 Å². The van der Waals surface area contributed by atoms with Crippen molar-refractivity contribution in [2.45, 2.75) is 19.4 Å². The molecular formula is C9H14N4O2. The molecule has 0 bridgehead atoms. The molecule has 0 aliphatic carbocycles. The summed E-state index contributed by atoms with van der Waals surface area (Å²) in [6.45, 7) is 3.04. The van der Waals surface area contributed by atoms with E-state index in [1.54, 1.807) is 11.8 Å². The van der Waals surface area contributed by atoms with Crippen molar-refractivity contribution in [1.82, 2.24) is 20.3 Å². The minimum Gasteiger partial charge on any atom is -0.393 e. The van der Waals surface area contributed by atoms with Gasteiger partial charge >= 0.3 is 0 Å². The fourth-order valence-corrected chi connectivity index (χ4v) is 1.83. The highest BCUT2D eigenvalue weighted by atomic mass is 16.3. The predicted molar refractivity (Wildman–Crippen MR) is 52.1 cm³/mol. The Hall–Kier alpha value is -1.43. The molecule has 2 rings (SSSR count). The summed E-state index contributed by atoms with van der Waals surface area (Å²) in [6.07, 6.45) is 1.90. The maximum absolute atomic E-state index is 11.8. The number of carbonyl (C=O) groups excluding carboxylic acids is 1. The van der Waals surface area contributed by atoms with Crippen molar-refractivity contribution in [3.63, 3.8) is 0 Å². The smallest absolute Gasteiger partial charge is 0.276 e. The van der Waals surface area contributed by atoms with Crippen LogP contribution in [0.5, 0.6) is 0 Å². The summed E-state index contributed by atoms with van der Waals surface area (Å²) in [6, 6.07) is 0. The molecule has 15 heavy (non-hydrogen) atoms. The topological polar surface area (TPSA) is 82.1 Å². The van der Waals surface area contributed by atoms with Crippen molar-refractivity contribution < 1.29 is 9.90 Å². The number of aromatic nitrogens is 3. The number of hydrogen-bond donors (Lipinski definition) is 2. The molecule has 2 heterocycles. The molecule has 1 amide bonds. The van der Waals surface area contributed by atoms with Crippen LogP contribution in [-0.2, 0) is 0 Å². The first-order valence-corrected chi connectivity index (χ1v) is 5.01. The Balaban J connectivity index is 1.99. The number of hydrogen-bond acceptors (Lipinski definition) is 4. The second-order valence-corrected chi connectivity index (χ2v) is 3.90. The minimum absolute atomic E-state index is 0.119. The fourth-order valence-electron chi connectivity index (χ4n) is 1.83. The number of likely N-dealkylation sites (tertiary alicyclic amines) is 1. The van der Waals surface area contributed by atoms with Crippen molar-refractivity contribution >= 4 is 5.91 Å². The van der Waals surface area contributed by atoms with E-state index >= 15 is 0 Å². The van der Waals surface area contributed by atoms with E-state index in [0.29, 0.717) is 18.8 Å². The summed E-state index contributed by atoms with van der Waals surface area (Å²) in [5.74, 6) is 0.0627. The molecular weight excluding hydrogens is 196 g/mol. The zero-order valence-corrected chi connectivity index (χ0v) is 8.55. The molecule has 1 aliphatic rings. The Bertz CT molecular complexity index is 336. The number of nitrogens with one attached hydrogen (secondary N) is 1. The second kappa shape index (κ2) is 3.98. The highest BCUT2D eigenvalue weighted by molar-refractivity contribution is 5.92. The fraction of sp³-hybridized carbons (Fsp3) is 0.667. The maximum atomic E-state index is 11.8. The van der Waals surface area contributed by atoms with Crippen LogP contribution in [0.15, 0.2) is 6.20 Å². The highest BCUT2D eigenvalue weighted by Crippen LogP contribution is 2.20. The number of aliphatic hydroxyl groups excluding tert-OH is 1. The molecule has 1 fully saturated rings. The van der Waals surface area contributed by atoms with Crippen molar-refractivity contribution in [2.75, 3.05) is 13.1 Å². The number of rotatable bonds is 2. The van der Waals surface area contributed by atoms with Gasteiger partial charge in [0.05, 0.1) is 12.3 Å². The first-order chi connectivity index (χ1) is 7.18. The van der Waals surface area contributed by atoms with Gasteiger partial charge in [0.1, 0.15) is 0 Å². The van der Waals surface area contributed by atoms with Gasteiger partial charge < -0.3 is 10.0 Å². The molecule has 2 unspecified atom stereocenters. The van der Waals surface area contributed by atoms with Crippen LogP contribution in [0.1, 0.15) is 23.8 Å². The lowest BCUT2D eigenvalue weighted by molar-refractivity contribution is 0.0756. The molecule has 0 aromatic carbocycles. The molecule has 0 saturated carbocycles. The summed E-state index contributed by atoms with van der Waals surface area (Å²) >= 11 is 0. The van der Waals surface area contributed by atoms with Crippen LogP contribution in [0.25, 0.3) is 0 Å². The van der Waals surface area contributed by atoms with Gasteiger partial charge in [-0.3, -0.25) is 4.79 Å². The standard InChI is InChI=1S/C9H14N4O2/c1-6(14)7-2-3-13(5-7)9(15)8-4-10-12-11-8/h4,6-7,14H,2-3,5H2,1H3,(H,10,11,12). The number of aromatic amines is 1. The lowest BCUT2D eigenvalue weighted by Crippen LogP contribution is -2.30. The van der Waals surface area contributed by atoms with Gasteiger partial charge in [-0.2, -0.15) is 15.4 Å². The lowest BCUT2D eigenvalue weighted by atomic mass is 10.0. The SMILES string of the molecule is CC(O)C1CCN(C(=O)c2cn[nH]n2)C1. The van der Waals surface area contributed by atoms with Crippen molar-refractivity contribution in [1.29, 1.82) is 0 Å². The Labute approximate surface area is 87.3 Å². The van der Waals surface area contributed by atoms with Crippen LogP contribution in [0, 0.1) is 5.92 Å². The van der Waals surface area contributed by atoms with Crippen LogP contribution >= 0.6 is 0 Å². The Morgan fingerprint density at radius 1 is 1.80 bits per heavy atom. The van der Waals surface area contributed by atoms with Gasteiger partial charge in [0, 0.05) is 19.0 Å². The predicted octanol–water partition coefficient (Wildman–Crippen LogP) is -0.352. The molecule has 2 N–H and O–H groups in total. The zero-order chi connectivity index (χ0) is 10.8. The maximum Gasteiger partial charge on any atom is 0.276 e. The number of nitrogens with zero attached hydrogens (tertiary/aromatic N) is 3. The van der Waals surface area contributed by atoms with E-state index in [1.807, 2.05) is 0 Å². The van der Waals surface area contributed by atoms with Gasteiger partial charge in [-0.25, -0.2) is 0 Å². The summed E-state index contributed by atoms with van der Waals surface area (Å²) in [7, 11) is 0. The largest absolute Gasteiger partial charge is 0.393 e. The van der Waals surface area contributed by atoms with Gasteiger partial charge in [0.2, 0.25) is 0 Å². The normalized spacial score (nSPS) is 23.1. The molecule has 2 atom stereocenters. The van der Waals surface area contributed by atoms with E-state index < -0.39 is 0 Å². The van der Waals surface area contributed by atoms with Gasteiger partial charge in [-0.15, -0.1) is 0 Å². The Morgan fingerprint density at radius 3 is 3.13 bits per heavy atom. The van der Waals surface area contributed by atoms with E-state index in [4.69, 9.17) is 0 Å². The zero-order valence-electron chi connectivity index (χ0n) is 8.55. The van der Waals surface area contributed by atoms with Gasteiger partial charge in [0.25, 0.3) is 5.91 Å². The molecule has 1 saturated heterocycles. The molecule has 0 radical (unpaired) electrons. The highest BCUT2D eigenvalue weighted by Gasteiger charge is 2.30. The molecule has 0 spiro atoms. The van der Waals surface area contributed by atoms with Crippen molar-refractivity contribution in [2.24, 2.45) is 5.92 Å². The van der Waals surface area contributed by atoms with Crippen LogP contribution < -0.4 is 0 Å². The third kappa shape index (κ3) is 1.99. The van der Waals surface area contributed by atoms with E-state index in [9.17, 15) is 9.90 Å². The average molecular weight is 210 g/mol. The van der Waals surface area contributed by atoms with Gasteiger partial charge in [0.15, 0.2) is 5.69 Å². The molecule has 6 nitrogen and oxygen atoms in total. The van der Waals surface area contributed by atoms with E-state index in [2.05, 4.69) is 15.4 Å². The summed E-state index contributed by atoms with van der Waals surface area (Å²) < 4.78 is 0. The van der Waals surface area contributed by atoms with Crippen molar-refractivity contribution in [3.05, 3.63) is 11.9 Å². The first-order valence-electron chi connectivity index (χ1n) is 5.01. The van der Waals surface area contributed by atoms with E-state index in [0.717, 1.165) is 6.42 Å². The van der Waals surface area contributed by atoms with E-state index in [1.165, 1.54) is 6.20 Å². The van der Waals surface area contributed by atoms with Crippen LogP contribution in [0.4, 0.5) is 0 Å². The number of amides is 1. The number of aliphatic hydroxyl groups is 1. The Kier molecular flexibility index (Phi) is 2.68. The monoisotopic (exact) mass is 210 g/mol. The van der Waals surface area contributed by atoms with Crippen LogP contribution in [0.3, 0.4) is 0 Å². The molecule has 82 valence electrons. The third-order valence-corrected chi connectivity index (χ3v) is 2.83. The summed E-state index contributed by atoms with van der Waals surface area (Å²) in [4.78, 5) is 13.5. The Morgan fingerprint density at radius 2 is 2.60 bits per heavy atom. The number of H-pyrrole nitrogens is 1. The average Bonchev–Trinajstić information content (AvgIpc) is 2.88. The molecule has 1 aromatic rings. The number of carbonyl (C=O) groups is 1. The van der Waals surface area contributed by atoms with Crippen LogP contribution in [-0.4, -0.2) is 50.5 Å². The lowest BCUT2D eigenvalue weighted by Gasteiger charge is -2.16. The summed E-state index contributed by atoms with van der Waals surface area (Å²) in [5, 5.41) is 19.2. The third-order valence-electron chi connectivity index (χ3n) is 2.83. The van der Waals surface area contributed by atoms with Gasteiger partial charge in [-0.05, 0) is 13.3 Å². The molecule has 1 aliphatic heterocycles. The quantitative estimate of drug-likeness (QED) is 0.699. The first kappa shape index (κ1) is 10.1. The second-order valence-electron chi connectivity index (χ2n) is 3.90.